The number of carbonyl (C=O) groups is 3. The number of fused-ring (bicyclic) bond motifs is 3. The first-order chi connectivity index (χ1) is 19.5. The molecule has 0 bridgehead atoms. The first-order valence-corrected chi connectivity index (χ1v) is 14.0. The van der Waals surface area contributed by atoms with Gasteiger partial charge in [0.2, 0.25) is 11.8 Å². The molecule has 0 spiro atoms. The minimum atomic E-state index is -0.733. The molecule has 0 aliphatic carbocycles. The molecule has 5 rings (SSSR count). The lowest BCUT2D eigenvalue weighted by atomic mass is 10.1. The Morgan fingerprint density at radius 3 is 2.45 bits per heavy atom. The highest BCUT2D eigenvalue weighted by Gasteiger charge is 2.41. The number of thioether (sulfide) groups is 1. The molecule has 1 atom stereocenters. The van der Waals surface area contributed by atoms with E-state index in [2.05, 4.69) is 20.6 Å². The van der Waals surface area contributed by atoms with Crippen molar-refractivity contribution in [3.8, 4) is 0 Å². The van der Waals surface area contributed by atoms with E-state index >= 15 is 0 Å². The van der Waals surface area contributed by atoms with Gasteiger partial charge in [-0.25, -0.2) is 14.3 Å². The maximum absolute atomic E-state index is 13.4. The lowest BCUT2D eigenvalue weighted by Gasteiger charge is -2.25. The predicted molar refractivity (Wildman–Crippen MR) is 154 cm³/mol. The van der Waals surface area contributed by atoms with Crippen LogP contribution in [0.1, 0.15) is 29.5 Å². The molecule has 2 aliphatic heterocycles. The Labute approximate surface area is 235 Å². The minimum Gasteiger partial charge on any atom is -0.355 e. The number of hydrogen-bond acceptors (Lipinski definition) is 6. The fourth-order valence-electron chi connectivity index (χ4n) is 4.42. The molecular weight excluding hydrogens is 529 g/mol. The summed E-state index contributed by atoms with van der Waals surface area (Å²) >= 11 is 1.18. The van der Waals surface area contributed by atoms with Gasteiger partial charge < -0.3 is 10.6 Å². The highest BCUT2D eigenvalue weighted by atomic mass is 32.2. The Morgan fingerprint density at radius 2 is 1.65 bits per heavy atom. The second-order valence-corrected chi connectivity index (χ2v) is 10.3. The molecule has 0 aromatic heterocycles. The SMILES string of the molecule is O=C(CC[C@H]1N=C2c3ccccc3N=C(SCC(=O)NCCc3ccccc3)N2C1=O)NCc1ccc(F)cc1. The Morgan fingerprint density at radius 1 is 0.900 bits per heavy atom. The van der Waals surface area contributed by atoms with Gasteiger partial charge >= 0.3 is 0 Å². The topological polar surface area (TPSA) is 103 Å². The Hall–Kier alpha value is -4.31. The zero-order chi connectivity index (χ0) is 27.9. The molecule has 2 aliphatic rings. The van der Waals surface area contributed by atoms with Gasteiger partial charge in [0, 0.05) is 25.1 Å². The van der Waals surface area contributed by atoms with Crippen molar-refractivity contribution in [3.05, 3.63) is 101 Å². The lowest BCUT2D eigenvalue weighted by molar-refractivity contribution is -0.125. The Bertz CT molecular complexity index is 1460. The summed E-state index contributed by atoms with van der Waals surface area (Å²) in [7, 11) is 0. The van der Waals surface area contributed by atoms with Gasteiger partial charge in [-0.15, -0.1) is 0 Å². The summed E-state index contributed by atoms with van der Waals surface area (Å²) in [6, 6.07) is 22.5. The molecule has 0 radical (unpaired) electrons. The number of amides is 3. The smallest absolute Gasteiger partial charge is 0.259 e. The van der Waals surface area contributed by atoms with E-state index in [1.807, 2.05) is 54.6 Å². The van der Waals surface area contributed by atoms with E-state index < -0.39 is 6.04 Å². The second-order valence-electron chi connectivity index (χ2n) is 9.37. The molecule has 0 saturated carbocycles. The fourth-order valence-corrected chi connectivity index (χ4v) is 5.25. The van der Waals surface area contributed by atoms with Gasteiger partial charge in [0.25, 0.3) is 5.91 Å². The van der Waals surface area contributed by atoms with E-state index in [0.717, 1.165) is 23.1 Å². The summed E-state index contributed by atoms with van der Waals surface area (Å²) in [5, 5.41) is 6.11. The van der Waals surface area contributed by atoms with Gasteiger partial charge in [0.1, 0.15) is 17.7 Å². The van der Waals surface area contributed by atoms with E-state index in [1.165, 1.54) is 28.8 Å². The van der Waals surface area contributed by atoms with Crippen LogP contribution in [0.2, 0.25) is 0 Å². The average molecular weight is 558 g/mol. The Balaban J connectivity index is 1.18. The molecule has 0 fully saturated rings. The van der Waals surface area contributed by atoms with Crippen LogP contribution in [-0.4, -0.2) is 52.0 Å². The molecule has 2 N–H and O–H groups in total. The summed E-state index contributed by atoms with van der Waals surface area (Å²) < 4.78 is 13.1. The number of nitrogens with one attached hydrogen (secondary N) is 2. The quantitative estimate of drug-likeness (QED) is 0.394. The molecule has 3 amide bonds. The maximum atomic E-state index is 13.4. The zero-order valence-electron chi connectivity index (χ0n) is 21.7. The van der Waals surface area contributed by atoms with Crippen molar-refractivity contribution in [3.63, 3.8) is 0 Å². The molecule has 2 heterocycles. The van der Waals surface area contributed by atoms with Gasteiger partial charge in [0.15, 0.2) is 5.17 Å². The van der Waals surface area contributed by atoms with Crippen LogP contribution in [0.4, 0.5) is 10.1 Å². The highest BCUT2D eigenvalue weighted by molar-refractivity contribution is 8.14. The molecule has 3 aromatic carbocycles. The standard InChI is InChI=1S/C30H28FN5O3S/c31-22-12-10-21(11-13-22)18-33-26(37)15-14-25-29(39)36-28(34-25)23-8-4-5-9-24(23)35-30(36)40-19-27(38)32-17-16-20-6-2-1-3-7-20/h1-13,25H,14-19H2,(H,32,38)(H,33,37)/t25-/m1/s1. The van der Waals surface area contributed by atoms with E-state index in [0.29, 0.717) is 23.2 Å². The zero-order valence-corrected chi connectivity index (χ0v) is 22.5. The number of carbonyl (C=O) groups excluding carboxylic acids is 3. The monoisotopic (exact) mass is 557 g/mol. The second kappa shape index (κ2) is 12.7. The van der Waals surface area contributed by atoms with Crippen LogP contribution in [0.15, 0.2) is 88.8 Å². The number of amidine groups is 2. The minimum absolute atomic E-state index is 0.101. The van der Waals surface area contributed by atoms with Crippen LogP contribution in [-0.2, 0) is 27.3 Å². The summed E-state index contributed by atoms with van der Waals surface area (Å²) in [6.07, 6.45) is 1.06. The molecule has 3 aromatic rings. The summed E-state index contributed by atoms with van der Waals surface area (Å²) in [5.74, 6) is -0.397. The number of hydrogen-bond donors (Lipinski definition) is 2. The van der Waals surface area contributed by atoms with E-state index in [4.69, 9.17) is 0 Å². The predicted octanol–water partition coefficient (Wildman–Crippen LogP) is 3.97. The van der Waals surface area contributed by atoms with Crippen molar-refractivity contribution >= 4 is 46.2 Å². The summed E-state index contributed by atoms with van der Waals surface area (Å²) in [6.45, 7) is 0.784. The molecule has 0 unspecified atom stereocenters. The Kier molecular flexibility index (Phi) is 8.65. The van der Waals surface area contributed by atoms with Crippen molar-refractivity contribution in [1.29, 1.82) is 0 Å². The van der Waals surface area contributed by atoms with Crippen LogP contribution < -0.4 is 10.6 Å². The lowest BCUT2D eigenvalue weighted by Crippen LogP contribution is -2.42. The summed E-state index contributed by atoms with van der Waals surface area (Å²) in [5.41, 5.74) is 3.33. The fraction of sp³-hybridized carbons (Fsp3) is 0.233. The third kappa shape index (κ3) is 6.63. The number of rotatable bonds is 10. The molecule has 204 valence electrons. The largest absolute Gasteiger partial charge is 0.355 e. The van der Waals surface area contributed by atoms with Crippen LogP contribution in [0.5, 0.6) is 0 Å². The van der Waals surface area contributed by atoms with E-state index in [9.17, 15) is 18.8 Å². The molecular formula is C30H28FN5O3S. The molecule has 10 heteroatoms. The van der Waals surface area contributed by atoms with Gasteiger partial charge in [-0.1, -0.05) is 66.4 Å². The maximum Gasteiger partial charge on any atom is 0.259 e. The van der Waals surface area contributed by atoms with Gasteiger partial charge in [-0.05, 0) is 48.2 Å². The van der Waals surface area contributed by atoms with Crippen molar-refractivity contribution < 1.29 is 18.8 Å². The van der Waals surface area contributed by atoms with Crippen LogP contribution in [0, 0.1) is 5.82 Å². The van der Waals surface area contributed by atoms with Gasteiger partial charge in [0.05, 0.1) is 11.4 Å². The van der Waals surface area contributed by atoms with Crippen LogP contribution >= 0.6 is 11.8 Å². The third-order valence-corrected chi connectivity index (χ3v) is 7.45. The van der Waals surface area contributed by atoms with Crippen molar-refractivity contribution in [2.45, 2.75) is 31.8 Å². The van der Waals surface area contributed by atoms with Gasteiger partial charge in [-0.2, -0.15) is 0 Å². The third-order valence-electron chi connectivity index (χ3n) is 6.51. The average Bonchev–Trinajstić information content (AvgIpc) is 3.31. The van der Waals surface area contributed by atoms with Crippen molar-refractivity contribution in [2.75, 3.05) is 12.3 Å². The number of nitrogens with zero attached hydrogens (tertiary/aromatic N) is 3. The number of aliphatic imine (C=N–C) groups is 2. The van der Waals surface area contributed by atoms with Crippen molar-refractivity contribution in [1.82, 2.24) is 15.5 Å². The normalized spacial score (nSPS) is 15.6. The van der Waals surface area contributed by atoms with Gasteiger partial charge in [-0.3, -0.25) is 19.4 Å². The summed E-state index contributed by atoms with van der Waals surface area (Å²) in [4.78, 5) is 49.2. The number of halogens is 1. The number of benzene rings is 3. The highest BCUT2D eigenvalue weighted by Crippen LogP contribution is 2.34. The van der Waals surface area contributed by atoms with Crippen molar-refractivity contribution in [2.24, 2.45) is 9.98 Å². The van der Waals surface area contributed by atoms with Crippen LogP contribution in [0.25, 0.3) is 0 Å². The van der Waals surface area contributed by atoms with E-state index in [1.54, 1.807) is 12.1 Å². The van der Waals surface area contributed by atoms with E-state index in [-0.39, 0.29) is 48.7 Å². The number of para-hydroxylation sites is 1. The molecule has 0 saturated heterocycles. The van der Waals surface area contributed by atoms with Crippen LogP contribution in [0.3, 0.4) is 0 Å². The first-order valence-electron chi connectivity index (χ1n) is 13.0. The molecule has 8 nitrogen and oxygen atoms in total. The molecule has 40 heavy (non-hydrogen) atoms. The first kappa shape index (κ1) is 27.3.